The van der Waals surface area contributed by atoms with E-state index < -0.39 is 0 Å². The van der Waals surface area contributed by atoms with Gasteiger partial charge in [-0.05, 0) is 50.9 Å². The van der Waals surface area contributed by atoms with Gasteiger partial charge in [-0.3, -0.25) is 0 Å². The van der Waals surface area contributed by atoms with Gasteiger partial charge in [-0.25, -0.2) is 0 Å². The van der Waals surface area contributed by atoms with Gasteiger partial charge in [-0.2, -0.15) is 0 Å². The lowest BCUT2D eigenvalue weighted by molar-refractivity contribution is 0.483. The number of unbranched alkanes of at least 4 members (excludes halogenated alkanes) is 3. The van der Waals surface area contributed by atoms with E-state index in [9.17, 15) is 0 Å². The Labute approximate surface area is 109 Å². The van der Waals surface area contributed by atoms with Crippen LogP contribution in [-0.2, 0) is 0 Å². The highest BCUT2D eigenvalue weighted by Gasteiger charge is 1.97. The van der Waals surface area contributed by atoms with Crippen LogP contribution >= 0.6 is 0 Å². The van der Waals surface area contributed by atoms with Crippen molar-refractivity contribution in [2.75, 3.05) is 26.2 Å². The minimum absolute atomic E-state index is 0.778. The summed E-state index contributed by atoms with van der Waals surface area (Å²) >= 11 is 0. The summed E-state index contributed by atoms with van der Waals surface area (Å²) in [6.07, 6.45) is 6.69. The van der Waals surface area contributed by atoms with Crippen molar-refractivity contribution >= 4 is 0 Å². The van der Waals surface area contributed by atoms with E-state index in [2.05, 4.69) is 38.3 Å². The number of rotatable bonds is 12. The SMILES string of the molecule is CCC(C)CNCCCCCCNCC(C)C. The highest BCUT2D eigenvalue weighted by atomic mass is 14.9. The van der Waals surface area contributed by atoms with Crippen molar-refractivity contribution in [1.82, 2.24) is 10.6 Å². The minimum Gasteiger partial charge on any atom is -0.316 e. The van der Waals surface area contributed by atoms with Crippen molar-refractivity contribution in [1.29, 1.82) is 0 Å². The lowest BCUT2D eigenvalue weighted by atomic mass is 10.1. The van der Waals surface area contributed by atoms with Crippen LogP contribution in [0.15, 0.2) is 0 Å². The maximum atomic E-state index is 3.54. The Balaban J connectivity index is 2.99. The molecule has 2 N–H and O–H groups in total. The van der Waals surface area contributed by atoms with Gasteiger partial charge in [-0.15, -0.1) is 0 Å². The fourth-order valence-electron chi connectivity index (χ4n) is 1.74. The highest BCUT2D eigenvalue weighted by Crippen LogP contribution is 2.00. The molecular formula is C15H34N2. The van der Waals surface area contributed by atoms with E-state index in [0.717, 1.165) is 18.4 Å². The van der Waals surface area contributed by atoms with E-state index in [1.54, 1.807) is 0 Å². The van der Waals surface area contributed by atoms with Crippen LogP contribution in [-0.4, -0.2) is 26.2 Å². The summed E-state index contributed by atoms with van der Waals surface area (Å²) in [6.45, 7) is 13.8. The molecule has 1 atom stereocenters. The summed E-state index contributed by atoms with van der Waals surface area (Å²) in [5.41, 5.74) is 0. The monoisotopic (exact) mass is 242 g/mol. The molecule has 0 aliphatic rings. The Morgan fingerprint density at radius 2 is 1.29 bits per heavy atom. The van der Waals surface area contributed by atoms with Crippen LogP contribution in [0.3, 0.4) is 0 Å². The van der Waals surface area contributed by atoms with E-state index >= 15 is 0 Å². The number of hydrogen-bond acceptors (Lipinski definition) is 2. The average molecular weight is 242 g/mol. The van der Waals surface area contributed by atoms with Gasteiger partial charge in [0, 0.05) is 0 Å². The molecule has 0 bridgehead atoms. The van der Waals surface area contributed by atoms with Crippen LogP contribution in [0.1, 0.15) is 59.8 Å². The molecule has 0 amide bonds. The molecule has 17 heavy (non-hydrogen) atoms. The number of hydrogen-bond donors (Lipinski definition) is 2. The van der Waals surface area contributed by atoms with Crippen molar-refractivity contribution in [2.24, 2.45) is 11.8 Å². The van der Waals surface area contributed by atoms with E-state index in [1.165, 1.54) is 51.7 Å². The molecule has 0 saturated carbocycles. The second-order valence-corrected chi connectivity index (χ2v) is 5.73. The molecule has 0 aromatic carbocycles. The largest absolute Gasteiger partial charge is 0.316 e. The molecule has 0 saturated heterocycles. The van der Waals surface area contributed by atoms with Crippen LogP contribution in [0, 0.1) is 11.8 Å². The van der Waals surface area contributed by atoms with Gasteiger partial charge in [-0.1, -0.05) is 47.0 Å². The summed E-state index contributed by atoms with van der Waals surface area (Å²) in [6, 6.07) is 0. The smallest absolute Gasteiger partial charge is 0.00233 e. The molecule has 0 fully saturated rings. The lowest BCUT2D eigenvalue weighted by Gasteiger charge is -2.10. The molecule has 2 heteroatoms. The first-order chi connectivity index (χ1) is 8.16. The van der Waals surface area contributed by atoms with Gasteiger partial charge in [0.25, 0.3) is 0 Å². The van der Waals surface area contributed by atoms with Crippen LogP contribution in [0.4, 0.5) is 0 Å². The summed E-state index contributed by atoms with van der Waals surface area (Å²) in [5.74, 6) is 1.61. The third kappa shape index (κ3) is 13.9. The molecule has 0 aromatic rings. The zero-order valence-corrected chi connectivity index (χ0v) is 12.5. The predicted molar refractivity (Wildman–Crippen MR) is 78.5 cm³/mol. The topological polar surface area (TPSA) is 24.1 Å². The highest BCUT2D eigenvalue weighted by molar-refractivity contribution is 4.56. The lowest BCUT2D eigenvalue weighted by Crippen LogP contribution is -2.22. The predicted octanol–water partition coefficient (Wildman–Crippen LogP) is 3.43. The van der Waals surface area contributed by atoms with Gasteiger partial charge < -0.3 is 10.6 Å². The zero-order chi connectivity index (χ0) is 12.9. The molecule has 0 aromatic heterocycles. The summed E-state index contributed by atoms with van der Waals surface area (Å²) < 4.78 is 0. The first kappa shape index (κ1) is 16.9. The average Bonchev–Trinajstić information content (AvgIpc) is 2.30. The van der Waals surface area contributed by atoms with Gasteiger partial charge in [0.15, 0.2) is 0 Å². The maximum absolute atomic E-state index is 3.54. The molecule has 0 rings (SSSR count). The third-order valence-corrected chi connectivity index (χ3v) is 3.20. The van der Waals surface area contributed by atoms with Gasteiger partial charge in [0.05, 0.1) is 0 Å². The van der Waals surface area contributed by atoms with E-state index in [0.29, 0.717) is 0 Å². The first-order valence-corrected chi connectivity index (χ1v) is 7.58. The second kappa shape index (κ2) is 12.4. The molecule has 0 aliphatic heterocycles. The van der Waals surface area contributed by atoms with Gasteiger partial charge in [0.2, 0.25) is 0 Å². The van der Waals surface area contributed by atoms with E-state index in [1.807, 2.05) is 0 Å². The molecule has 1 unspecified atom stereocenters. The van der Waals surface area contributed by atoms with Crippen molar-refractivity contribution in [3.05, 3.63) is 0 Å². The Morgan fingerprint density at radius 3 is 1.76 bits per heavy atom. The first-order valence-electron chi connectivity index (χ1n) is 7.58. The fraction of sp³-hybridized carbons (Fsp3) is 1.00. The fourth-order valence-corrected chi connectivity index (χ4v) is 1.74. The third-order valence-electron chi connectivity index (χ3n) is 3.20. The Bertz CT molecular complexity index is 146. The molecule has 0 aliphatic carbocycles. The van der Waals surface area contributed by atoms with Crippen molar-refractivity contribution < 1.29 is 0 Å². The normalized spacial score (nSPS) is 13.2. The number of nitrogens with one attached hydrogen (secondary N) is 2. The molecule has 0 radical (unpaired) electrons. The van der Waals surface area contributed by atoms with Crippen LogP contribution in [0.2, 0.25) is 0 Å². The second-order valence-electron chi connectivity index (χ2n) is 5.73. The summed E-state index contributed by atoms with van der Waals surface area (Å²) in [7, 11) is 0. The molecular weight excluding hydrogens is 208 g/mol. The Hall–Kier alpha value is -0.0800. The Kier molecular flexibility index (Phi) is 12.3. The van der Waals surface area contributed by atoms with Gasteiger partial charge in [0.1, 0.15) is 0 Å². The van der Waals surface area contributed by atoms with Crippen molar-refractivity contribution in [3.63, 3.8) is 0 Å². The molecule has 0 spiro atoms. The van der Waals surface area contributed by atoms with Crippen LogP contribution in [0.5, 0.6) is 0 Å². The summed E-state index contributed by atoms with van der Waals surface area (Å²) in [4.78, 5) is 0. The van der Waals surface area contributed by atoms with Gasteiger partial charge >= 0.3 is 0 Å². The standard InChI is InChI=1S/C15H34N2/c1-5-15(4)13-17-11-9-7-6-8-10-16-12-14(2)3/h14-17H,5-13H2,1-4H3. The maximum Gasteiger partial charge on any atom is -0.00233 e. The van der Waals surface area contributed by atoms with E-state index in [-0.39, 0.29) is 0 Å². The van der Waals surface area contributed by atoms with Crippen LogP contribution in [0.25, 0.3) is 0 Å². The van der Waals surface area contributed by atoms with Crippen molar-refractivity contribution in [2.45, 2.75) is 59.8 Å². The quantitative estimate of drug-likeness (QED) is 0.512. The van der Waals surface area contributed by atoms with Crippen LogP contribution < -0.4 is 10.6 Å². The molecule has 104 valence electrons. The van der Waals surface area contributed by atoms with Crippen molar-refractivity contribution in [3.8, 4) is 0 Å². The Morgan fingerprint density at radius 1 is 0.765 bits per heavy atom. The summed E-state index contributed by atoms with van der Waals surface area (Å²) in [5, 5.41) is 7.03. The molecule has 0 heterocycles. The van der Waals surface area contributed by atoms with E-state index in [4.69, 9.17) is 0 Å². The molecule has 2 nitrogen and oxygen atoms in total. The minimum atomic E-state index is 0.778. The zero-order valence-electron chi connectivity index (χ0n) is 12.5.